The molecule has 2 heterocycles. The molecule has 2 aliphatic rings. The Morgan fingerprint density at radius 3 is 2.65 bits per heavy atom. The quantitative estimate of drug-likeness (QED) is 0.489. The fraction of sp³-hybridized carbons (Fsp3) is 0.222. The molecular weight excluding hydrogens is 437 g/mol. The smallest absolute Gasteiger partial charge is 0.231 e. The summed E-state index contributed by atoms with van der Waals surface area (Å²) < 4.78 is 35.9. The van der Waals surface area contributed by atoms with E-state index >= 15 is 0 Å². The standard InChI is InChI=1S/C27H24FNO5/c1-31-20-7-9-23(32-2)18(13-20)14-25-26(30)21-8-10-24-22(27(21)34-25)15-29(16-33-24)12-11-17-3-5-19(28)6-4-17/h3-10,13-14H,11-12,15-16H2,1-2H3/b25-14-. The summed E-state index contributed by atoms with van der Waals surface area (Å²) in [5.74, 6) is 2.29. The molecule has 0 N–H and O–H groups in total. The Kier molecular flexibility index (Phi) is 5.94. The van der Waals surface area contributed by atoms with Gasteiger partial charge in [0.05, 0.1) is 25.3 Å². The topological polar surface area (TPSA) is 57.2 Å². The van der Waals surface area contributed by atoms with Crippen molar-refractivity contribution in [3.8, 4) is 23.0 Å². The summed E-state index contributed by atoms with van der Waals surface area (Å²) in [5, 5.41) is 0. The van der Waals surface area contributed by atoms with Gasteiger partial charge in [0.1, 0.15) is 35.5 Å². The highest BCUT2D eigenvalue weighted by atomic mass is 19.1. The molecular formula is C27H24FNO5. The Morgan fingerprint density at radius 1 is 1.06 bits per heavy atom. The van der Waals surface area contributed by atoms with E-state index in [0.717, 1.165) is 24.1 Å². The average molecular weight is 461 g/mol. The van der Waals surface area contributed by atoms with Crippen molar-refractivity contribution in [1.29, 1.82) is 0 Å². The lowest BCUT2D eigenvalue weighted by atomic mass is 10.0. The van der Waals surface area contributed by atoms with Gasteiger partial charge in [-0.25, -0.2) is 4.39 Å². The van der Waals surface area contributed by atoms with Crippen molar-refractivity contribution < 1.29 is 28.1 Å². The highest BCUT2D eigenvalue weighted by molar-refractivity contribution is 6.15. The van der Waals surface area contributed by atoms with Gasteiger partial charge in [-0.15, -0.1) is 0 Å². The number of nitrogens with zero attached hydrogens (tertiary/aromatic N) is 1. The van der Waals surface area contributed by atoms with Crippen molar-refractivity contribution in [3.05, 3.63) is 88.4 Å². The van der Waals surface area contributed by atoms with Gasteiger partial charge in [0, 0.05) is 18.7 Å². The molecule has 0 radical (unpaired) electrons. The zero-order valence-electron chi connectivity index (χ0n) is 19.0. The maximum Gasteiger partial charge on any atom is 0.231 e. The molecule has 0 saturated carbocycles. The number of Topliss-reactive ketones (excluding diaryl/α,β-unsaturated/α-hetero) is 1. The summed E-state index contributed by atoms with van der Waals surface area (Å²) >= 11 is 0. The lowest BCUT2D eigenvalue weighted by Gasteiger charge is -2.29. The Morgan fingerprint density at radius 2 is 1.88 bits per heavy atom. The Hall–Kier alpha value is -3.84. The molecule has 0 fully saturated rings. The van der Waals surface area contributed by atoms with E-state index in [0.29, 0.717) is 47.4 Å². The Labute approximate surface area is 197 Å². The maximum absolute atomic E-state index is 13.2. The van der Waals surface area contributed by atoms with Crippen LogP contribution in [0.2, 0.25) is 0 Å². The van der Waals surface area contributed by atoms with Crippen molar-refractivity contribution in [1.82, 2.24) is 4.90 Å². The van der Waals surface area contributed by atoms with Crippen LogP contribution in [0.25, 0.3) is 6.08 Å². The summed E-state index contributed by atoms with van der Waals surface area (Å²) in [7, 11) is 3.16. The zero-order valence-corrected chi connectivity index (χ0v) is 19.0. The summed E-state index contributed by atoms with van der Waals surface area (Å²) in [5.41, 5.74) is 3.09. The monoisotopic (exact) mass is 461 g/mol. The van der Waals surface area contributed by atoms with Crippen LogP contribution in [0.5, 0.6) is 23.0 Å². The number of carbonyl (C=O) groups excluding carboxylic acids is 1. The van der Waals surface area contributed by atoms with Gasteiger partial charge in [0.15, 0.2) is 5.76 Å². The Balaban J connectivity index is 1.38. The highest BCUT2D eigenvalue weighted by Gasteiger charge is 2.33. The number of hydrogen-bond acceptors (Lipinski definition) is 6. The molecule has 6 nitrogen and oxygen atoms in total. The third-order valence-electron chi connectivity index (χ3n) is 6.04. The van der Waals surface area contributed by atoms with Gasteiger partial charge in [0.2, 0.25) is 5.78 Å². The molecule has 0 spiro atoms. The van der Waals surface area contributed by atoms with E-state index < -0.39 is 0 Å². The minimum Gasteiger partial charge on any atom is -0.497 e. The van der Waals surface area contributed by atoms with Crippen LogP contribution in [0.3, 0.4) is 0 Å². The van der Waals surface area contributed by atoms with Gasteiger partial charge in [0.25, 0.3) is 0 Å². The molecule has 3 aromatic rings. The first-order valence-electron chi connectivity index (χ1n) is 11.0. The van der Waals surface area contributed by atoms with E-state index in [2.05, 4.69) is 4.90 Å². The number of halogens is 1. The third kappa shape index (κ3) is 4.22. The van der Waals surface area contributed by atoms with E-state index in [1.54, 1.807) is 56.7 Å². The van der Waals surface area contributed by atoms with Gasteiger partial charge in [-0.05, 0) is 60.5 Å². The molecule has 0 bridgehead atoms. The zero-order chi connectivity index (χ0) is 23.7. The number of carbonyl (C=O) groups is 1. The number of ether oxygens (including phenoxy) is 4. The molecule has 0 unspecified atom stereocenters. The van der Waals surface area contributed by atoms with Crippen molar-refractivity contribution in [3.63, 3.8) is 0 Å². The van der Waals surface area contributed by atoms with E-state index in [-0.39, 0.29) is 17.4 Å². The van der Waals surface area contributed by atoms with Gasteiger partial charge in [-0.3, -0.25) is 9.69 Å². The molecule has 34 heavy (non-hydrogen) atoms. The number of fused-ring (bicyclic) bond motifs is 3. The summed E-state index contributed by atoms with van der Waals surface area (Å²) in [6.07, 6.45) is 2.43. The lowest BCUT2D eigenvalue weighted by molar-refractivity contribution is 0.0949. The van der Waals surface area contributed by atoms with Crippen LogP contribution in [0, 0.1) is 5.82 Å². The molecule has 5 rings (SSSR count). The second kappa shape index (κ2) is 9.19. The van der Waals surface area contributed by atoms with Gasteiger partial charge in [-0.1, -0.05) is 12.1 Å². The van der Waals surface area contributed by atoms with Crippen LogP contribution in [0.4, 0.5) is 4.39 Å². The van der Waals surface area contributed by atoms with Gasteiger partial charge >= 0.3 is 0 Å². The second-order valence-electron chi connectivity index (χ2n) is 8.17. The van der Waals surface area contributed by atoms with Crippen LogP contribution in [0.1, 0.15) is 27.0 Å². The second-order valence-corrected chi connectivity index (χ2v) is 8.17. The lowest BCUT2D eigenvalue weighted by Crippen LogP contribution is -2.33. The summed E-state index contributed by atoms with van der Waals surface area (Å²) in [6, 6.07) is 15.4. The fourth-order valence-corrected chi connectivity index (χ4v) is 4.18. The number of hydrogen-bond donors (Lipinski definition) is 0. The van der Waals surface area contributed by atoms with Crippen LogP contribution in [-0.2, 0) is 13.0 Å². The van der Waals surface area contributed by atoms with Crippen LogP contribution in [-0.4, -0.2) is 38.2 Å². The maximum atomic E-state index is 13.2. The Bertz CT molecular complexity index is 1270. The molecule has 0 aromatic heterocycles. The minimum absolute atomic E-state index is 0.189. The summed E-state index contributed by atoms with van der Waals surface area (Å²) in [4.78, 5) is 15.2. The normalized spacial score (nSPS) is 16.0. The van der Waals surface area contributed by atoms with Crippen molar-refractivity contribution >= 4 is 11.9 Å². The molecule has 2 aliphatic heterocycles. The molecule has 0 amide bonds. The van der Waals surface area contributed by atoms with Gasteiger partial charge in [-0.2, -0.15) is 0 Å². The fourth-order valence-electron chi connectivity index (χ4n) is 4.18. The average Bonchev–Trinajstić information content (AvgIpc) is 3.19. The predicted molar refractivity (Wildman–Crippen MR) is 125 cm³/mol. The SMILES string of the molecule is COc1ccc(OC)c(/C=C2\Oc3c(ccc4c3CN(CCc3ccc(F)cc3)CO4)C2=O)c1. The van der Waals surface area contributed by atoms with E-state index in [9.17, 15) is 9.18 Å². The van der Waals surface area contributed by atoms with Crippen LogP contribution < -0.4 is 18.9 Å². The van der Waals surface area contributed by atoms with Crippen LogP contribution in [0.15, 0.2) is 60.4 Å². The van der Waals surface area contributed by atoms with Crippen molar-refractivity contribution in [2.45, 2.75) is 13.0 Å². The van der Waals surface area contributed by atoms with Crippen LogP contribution >= 0.6 is 0 Å². The number of ketones is 1. The van der Waals surface area contributed by atoms with Crippen molar-refractivity contribution in [2.75, 3.05) is 27.5 Å². The molecule has 174 valence electrons. The van der Waals surface area contributed by atoms with E-state index in [4.69, 9.17) is 18.9 Å². The molecule has 0 saturated heterocycles. The molecule has 0 aliphatic carbocycles. The number of benzene rings is 3. The first-order valence-corrected chi connectivity index (χ1v) is 11.0. The molecule has 0 atom stereocenters. The first-order chi connectivity index (χ1) is 16.6. The largest absolute Gasteiger partial charge is 0.497 e. The van der Waals surface area contributed by atoms with Crippen molar-refractivity contribution in [2.24, 2.45) is 0 Å². The first kappa shape index (κ1) is 22.0. The summed E-state index contributed by atoms with van der Waals surface area (Å²) in [6.45, 7) is 1.75. The minimum atomic E-state index is -0.244. The number of methoxy groups -OCH3 is 2. The third-order valence-corrected chi connectivity index (χ3v) is 6.04. The van der Waals surface area contributed by atoms with Gasteiger partial charge < -0.3 is 18.9 Å². The van der Waals surface area contributed by atoms with E-state index in [1.807, 2.05) is 6.07 Å². The number of allylic oxidation sites excluding steroid dienone is 1. The van der Waals surface area contributed by atoms with E-state index in [1.165, 1.54) is 12.1 Å². The predicted octanol–water partition coefficient (Wildman–Crippen LogP) is 4.85. The molecule has 3 aromatic carbocycles. The highest BCUT2D eigenvalue weighted by Crippen LogP contribution is 2.42. The molecule has 7 heteroatoms. The number of rotatable bonds is 6.